The molecule has 3 aliphatic heterocycles. The van der Waals surface area contributed by atoms with Gasteiger partial charge in [-0.3, -0.25) is 14.5 Å². The first kappa shape index (κ1) is 42.6. The second-order valence-corrected chi connectivity index (χ2v) is 16.8. The standard InChI is InChI=1S/C40H63N3O10/c1-25-22-39(8,48-11)33(52-36-32(30(42(9)10)21-26(2)50-36)51-35(46)29-15-13-12-14-16-29)27(3)31(44)28(4)34(45)49-24-40(17-19-41-20-18-40)43(23-25)37(47)53-38(5,6)7/h12-16,25-28,30,32-33,36,41H,17-24H2,1-11H3/t25-,26-,27+,28?,30+,32-,33-,36+,39-/m1/s1. The van der Waals surface area contributed by atoms with E-state index in [-0.39, 0.29) is 37.0 Å². The van der Waals surface area contributed by atoms with Crippen molar-refractivity contribution in [1.82, 2.24) is 15.1 Å². The van der Waals surface area contributed by atoms with E-state index in [9.17, 15) is 19.2 Å². The second-order valence-electron chi connectivity index (χ2n) is 16.8. The average Bonchev–Trinajstić information content (AvgIpc) is 3.11. The van der Waals surface area contributed by atoms with Crippen molar-refractivity contribution in [1.29, 1.82) is 0 Å². The van der Waals surface area contributed by atoms with Gasteiger partial charge in [0.2, 0.25) is 0 Å². The van der Waals surface area contributed by atoms with E-state index < -0.39 is 65.1 Å². The molecule has 3 heterocycles. The molecule has 0 radical (unpaired) electrons. The molecule has 298 valence electrons. The summed E-state index contributed by atoms with van der Waals surface area (Å²) in [4.78, 5) is 59.2. The molecule has 1 amide bonds. The minimum atomic E-state index is -1.14. The second kappa shape index (κ2) is 17.6. The third-order valence-corrected chi connectivity index (χ3v) is 11.0. The molecule has 13 heteroatoms. The number of rotatable bonds is 6. The molecule has 0 bridgehead atoms. The normalized spacial score (nSPS) is 33.3. The van der Waals surface area contributed by atoms with Crippen molar-refractivity contribution in [3.8, 4) is 0 Å². The first-order valence-electron chi connectivity index (χ1n) is 19.0. The third-order valence-electron chi connectivity index (χ3n) is 11.0. The van der Waals surface area contributed by atoms with E-state index in [2.05, 4.69) is 5.32 Å². The predicted molar refractivity (Wildman–Crippen MR) is 198 cm³/mol. The zero-order chi connectivity index (χ0) is 39.3. The average molecular weight is 746 g/mol. The van der Waals surface area contributed by atoms with Crippen LogP contribution in [0.25, 0.3) is 0 Å². The van der Waals surface area contributed by atoms with E-state index in [1.165, 1.54) is 6.92 Å². The number of piperidine rings is 1. The van der Waals surface area contributed by atoms with E-state index in [1.807, 2.05) is 66.6 Å². The lowest BCUT2D eigenvalue weighted by molar-refractivity contribution is -0.294. The summed E-state index contributed by atoms with van der Waals surface area (Å²) in [6.45, 7) is 16.0. The molecule has 1 aromatic rings. The minimum absolute atomic E-state index is 0.0683. The summed E-state index contributed by atoms with van der Waals surface area (Å²) in [5, 5.41) is 3.35. The van der Waals surface area contributed by atoms with E-state index >= 15 is 0 Å². The highest BCUT2D eigenvalue weighted by Gasteiger charge is 2.52. The van der Waals surface area contributed by atoms with Gasteiger partial charge in [-0.15, -0.1) is 0 Å². The highest BCUT2D eigenvalue weighted by molar-refractivity contribution is 6.00. The molecular weight excluding hydrogens is 682 g/mol. The van der Waals surface area contributed by atoms with Gasteiger partial charge in [0.25, 0.3) is 0 Å². The monoisotopic (exact) mass is 745 g/mol. The van der Waals surface area contributed by atoms with Gasteiger partial charge >= 0.3 is 18.0 Å². The molecule has 0 saturated carbocycles. The summed E-state index contributed by atoms with van der Waals surface area (Å²) in [6.07, 6.45) is -1.71. The number of Topliss-reactive ketones (excluding diaryl/α,β-unsaturated/α-hetero) is 1. The Bertz CT molecular complexity index is 1410. The lowest BCUT2D eigenvalue weighted by Crippen LogP contribution is -2.61. The molecule has 3 fully saturated rings. The Labute approximate surface area is 315 Å². The quantitative estimate of drug-likeness (QED) is 0.242. The van der Waals surface area contributed by atoms with Crippen LogP contribution in [0.5, 0.6) is 0 Å². The van der Waals surface area contributed by atoms with Crippen molar-refractivity contribution in [2.24, 2.45) is 17.8 Å². The molecule has 0 aliphatic carbocycles. The molecular formula is C40H63N3O10. The van der Waals surface area contributed by atoms with E-state index in [4.69, 9.17) is 28.4 Å². The van der Waals surface area contributed by atoms with E-state index in [0.29, 0.717) is 44.3 Å². The molecule has 1 spiro atoms. The topological polar surface area (TPSA) is 142 Å². The van der Waals surface area contributed by atoms with Gasteiger partial charge in [-0.05, 0) is 112 Å². The summed E-state index contributed by atoms with van der Waals surface area (Å²) < 4.78 is 37.7. The molecule has 3 saturated heterocycles. The van der Waals surface area contributed by atoms with Crippen molar-refractivity contribution in [2.45, 2.75) is 128 Å². The molecule has 9 atom stereocenters. The number of ether oxygens (including phenoxy) is 6. The summed E-state index contributed by atoms with van der Waals surface area (Å²) >= 11 is 0. The zero-order valence-electron chi connectivity index (χ0n) is 33.6. The highest BCUT2D eigenvalue weighted by atomic mass is 16.7. The number of hydrogen-bond donors (Lipinski definition) is 1. The van der Waals surface area contributed by atoms with Crippen LogP contribution in [0.3, 0.4) is 0 Å². The first-order chi connectivity index (χ1) is 24.8. The SMILES string of the molecule is CO[C@]1(C)C[C@@H](C)CN(C(=O)OC(C)(C)C)C2(CCNCC2)COC(=O)C(C)C(=O)[C@H](C)[C@H]1O[C@@H]1O[C@H](C)C[C@H](N(C)C)[C@H]1OC(=O)c1ccccc1. The Morgan fingerprint density at radius 3 is 2.25 bits per heavy atom. The molecule has 13 nitrogen and oxygen atoms in total. The van der Waals surface area contributed by atoms with Crippen LogP contribution >= 0.6 is 0 Å². The van der Waals surface area contributed by atoms with E-state index in [0.717, 1.165) is 0 Å². The minimum Gasteiger partial charge on any atom is -0.463 e. The largest absolute Gasteiger partial charge is 0.463 e. The van der Waals surface area contributed by atoms with Crippen molar-refractivity contribution >= 4 is 23.8 Å². The lowest BCUT2D eigenvalue weighted by atomic mass is 9.78. The highest BCUT2D eigenvalue weighted by Crippen LogP contribution is 2.39. The van der Waals surface area contributed by atoms with Crippen LogP contribution in [-0.4, -0.2) is 128 Å². The number of amides is 1. The van der Waals surface area contributed by atoms with Crippen LogP contribution < -0.4 is 5.32 Å². The fraction of sp³-hybridized carbons (Fsp3) is 0.750. The number of carbonyl (C=O) groups is 4. The van der Waals surface area contributed by atoms with Crippen LogP contribution in [0.1, 0.15) is 91.4 Å². The smallest absolute Gasteiger partial charge is 0.410 e. The van der Waals surface area contributed by atoms with Gasteiger partial charge in [-0.2, -0.15) is 0 Å². The number of nitrogens with zero attached hydrogens (tertiary/aromatic N) is 2. The van der Waals surface area contributed by atoms with Crippen molar-refractivity contribution in [3.05, 3.63) is 35.9 Å². The number of likely N-dealkylation sites (N-methyl/N-ethyl adjacent to an activating group) is 1. The number of cyclic esters (lactones) is 1. The number of methoxy groups -OCH3 is 1. The molecule has 53 heavy (non-hydrogen) atoms. The fourth-order valence-corrected chi connectivity index (χ4v) is 8.00. The van der Waals surface area contributed by atoms with Crippen molar-refractivity contribution in [3.63, 3.8) is 0 Å². The van der Waals surface area contributed by atoms with Gasteiger partial charge < -0.3 is 38.6 Å². The summed E-state index contributed by atoms with van der Waals surface area (Å²) in [6, 6.07) is 8.45. The van der Waals surface area contributed by atoms with Gasteiger partial charge in [0.15, 0.2) is 18.2 Å². The fourth-order valence-electron chi connectivity index (χ4n) is 8.00. The predicted octanol–water partition coefficient (Wildman–Crippen LogP) is 4.85. The number of hydrogen-bond acceptors (Lipinski definition) is 12. The van der Waals surface area contributed by atoms with Crippen molar-refractivity contribution in [2.75, 3.05) is 47.4 Å². The maximum atomic E-state index is 14.3. The summed E-state index contributed by atoms with van der Waals surface area (Å²) in [7, 11) is 5.39. The third kappa shape index (κ3) is 10.4. The van der Waals surface area contributed by atoms with Crippen LogP contribution in [0.2, 0.25) is 0 Å². The summed E-state index contributed by atoms with van der Waals surface area (Å²) in [5.41, 5.74) is -2.36. The number of ketones is 1. The molecule has 1 unspecified atom stereocenters. The van der Waals surface area contributed by atoms with Gasteiger partial charge in [-0.25, -0.2) is 9.59 Å². The Hall–Kier alpha value is -3.10. The molecule has 0 aromatic heterocycles. The summed E-state index contributed by atoms with van der Waals surface area (Å²) in [5.74, 6) is -3.81. The van der Waals surface area contributed by atoms with Crippen LogP contribution in [0.15, 0.2) is 30.3 Å². The Morgan fingerprint density at radius 2 is 1.66 bits per heavy atom. The molecule has 1 N–H and O–H groups in total. The van der Waals surface area contributed by atoms with Gasteiger partial charge in [0.05, 0.1) is 35.0 Å². The maximum Gasteiger partial charge on any atom is 0.410 e. The van der Waals surface area contributed by atoms with Gasteiger partial charge in [-0.1, -0.05) is 32.0 Å². The molecule has 4 rings (SSSR count). The van der Waals surface area contributed by atoms with Crippen LogP contribution in [0.4, 0.5) is 4.79 Å². The number of benzene rings is 1. The van der Waals surface area contributed by atoms with Crippen LogP contribution in [-0.2, 0) is 38.0 Å². The Kier molecular flexibility index (Phi) is 14.1. The Morgan fingerprint density at radius 1 is 1.02 bits per heavy atom. The van der Waals surface area contributed by atoms with Crippen LogP contribution in [0, 0.1) is 17.8 Å². The lowest BCUT2D eigenvalue weighted by Gasteiger charge is -2.48. The van der Waals surface area contributed by atoms with E-state index in [1.54, 1.807) is 43.2 Å². The van der Waals surface area contributed by atoms with Gasteiger partial charge in [0, 0.05) is 19.6 Å². The molecule has 3 aliphatic rings. The number of nitrogens with one attached hydrogen (secondary N) is 1. The number of carbonyl (C=O) groups excluding carboxylic acids is 4. The zero-order valence-corrected chi connectivity index (χ0v) is 33.6. The van der Waals surface area contributed by atoms with Crippen molar-refractivity contribution < 1.29 is 47.6 Å². The maximum absolute atomic E-state index is 14.3. The molecule has 1 aromatic carbocycles. The van der Waals surface area contributed by atoms with Gasteiger partial charge in [0.1, 0.15) is 18.1 Å². The number of esters is 2. The Balaban J connectivity index is 1.77. The first-order valence-corrected chi connectivity index (χ1v) is 19.0.